The number of hydrogen-bond acceptors (Lipinski definition) is 3. The van der Waals surface area contributed by atoms with E-state index < -0.39 is 0 Å². The summed E-state index contributed by atoms with van der Waals surface area (Å²) in [6.45, 7) is 4.02. The molecule has 2 aromatic carbocycles. The van der Waals surface area contributed by atoms with Gasteiger partial charge in [-0.05, 0) is 56.3 Å². The van der Waals surface area contributed by atoms with Crippen LogP contribution in [0.5, 0.6) is 5.75 Å². The second-order valence-electron chi connectivity index (χ2n) is 6.40. The molecular weight excluding hydrogens is 312 g/mol. The molecule has 1 amide bonds. The summed E-state index contributed by atoms with van der Waals surface area (Å²) < 4.78 is 5.98. The Kier molecular flexibility index (Phi) is 3.94. The zero-order chi connectivity index (χ0) is 16.6. The topological polar surface area (TPSA) is 64.4 Å². The van der Waals surface area contributed by atoms with Crippen molar-refractivity contribution in [2.75, 3.05) is 5.73 Å². The molecule has 0 bridgehead atoms. The number of rotatable bonds is 2. The number of anilines is 1. The highest BCUT2D eigenvalue weighted by atomic mass is 35.5. The van der Waals surface area contributed by atoms with E-state index in [-0.39, 0.29) is 17.6 Å². The number of nitrogens with two attached hydrogens (primary N) is 1. The monoisotopic (exact) mass is 330 g/mol. The zero-order valence-corrected chi connectivity index (χ0v) is 13.9. The van der Waals surface area contributed by atoms with Gasteiger partial charge in [-0.1, -0.05) is 11.6 Å². The number of fused-ring (bicyclic) bond motifs is 1. The average molecular weight is 331 g/mol. The fraction of sp³-hybridized carbons (Fsp3) is 0.278. The summed E-state index contributed by atoms with van der Waals surface area (Å²) in [5.41, 5.74) is 7.66. The van der Waals surface area contributed by atoms with Gasteiger partial charge < -0.3 is 15.8 Å². The smallest absolute Gasteiger partial charge is 0.251 e. The molecule has 3 rings (SSSR count). The molecule has 1 atom stereocenters. The van der Waals surface area contributed by atoms with E-state index in [1.807, 2.05) is 26.0 Å². The summed E-state index contributed by atoms with van der Waals surface area (Å²) in [5, 5.41) is 3.68. The lowest BCUT2D eigenvalue weighted by Gasteiger charge is -2.38. The van der Waals surface area contributed by atoms with Crippen molar-refractivity contribution in [2.24, 2.45) is 0 Å². The molecule has 1 unspecified atom stereocenters. The van der Waals surface area contributed by atoms with Crippen LogP contribution < -0.4 is 15.8 Å². The van der Waals surface area contributed by atoms with Crippen molar-refractivity contribution < 1.29 is 9.53 Å². The second kappa shape index (κ2) is 5.78. The Bertz CT molecular complexity index is 741. The van der Waals surface area contributed by atoms with Crippen molar-refractivity contribution in [3.8, 4) is 5.75 Å². The molecule has 120 valence electrons. The Morgan fingerprint density at radius 3 is 2.65 bits per heavy atom. The molecule has 3 N–H and O–H groups in total. The summed E-state index contributed by atoms with van der Waals surface area (Å²) in [5.74, 6) is 0.620. The van der Waals surface area contributed by atoms with Gasteiger partial charge in [0.1, 0.15) is 11.4 Å². The van der Waals surface area contributed by atoms with E-state index in [4.69, 9.17) is 22.1 Å². The summed E-state index contributed by atoms with van der Waals surface area (Å²) in [4.78, 5) is 12.5. The van der Waals surface area contributed by atoms with Crippen LogP contribution in [0.15, 0.2) is 42.5 Å². The maximum atomic E-state index is 12.5. The molecule has 23 heavy (non-hydrogen) atoms. The third-order valence-electron chi connectivity index (χ3n) is 3.90. The first-order valence-corrected chi connectivity index (χ1v) is 7.87. The van der Waals surface area contributed by atoms with Crippen molar-refractivity contribution in [2.45, 2.75) is 31.9 Å². The summed E-state index contributed by atoms with van der Waals surface area (Å²) in [7, 11) is 0. The molecule has 0 fully saturated rings. The van der Waals surface area contributed by atoms with E-state index in [1.54, 1.807) is 30.3 Å². The van der Waals surface area contributed by atoms with Crippen molar-refractivity contribution in [3.63, 3.8) is 0 Å². The quantitative estimate of drug-likeness (QED) is 0.819. The molecule has 0 aliphatic carbocycles. The summed E-state index contributed by atoms with van der Waals surface area (Å²) in [6.07, 6.45) is 0.669. The molecule has 1 aliphatic rings. The van der Waals surface area contributed by atoms with E-state index in [0.29, 0.717) is 22.7 Å². The number of amides is 1. The lowest BCUT2D eigenvalue weighted by Crippen LogP contribution is -2.41. The number of ether oxygens (including phenoxy) is 1. The van der Waals surface area contributed by atoms with Crippen LogP contribution in [0.1, 0.15) is 42.2 Å². The van der Waals surface area contributed by atoms with Crippen molar-refractivity contribution in [1.29, 1.82) is 0 Å². The van der Waals surface area contributed by atoms with Gasteiger partial charge in [0.15, 0.2) is 0 Å². The summed E-state index contributed by atoms with van der Waals surface area (Å²) >= 11 is 5.87. The number of carbonyl (C=O) groups is 1. The SMILES string of the molecule is CC1(C)CC(NC(=O)c2ccc(Cl)cc2)c2cc(N)ccc2O1. The number of halogens is 1. The minimum absolute atomic E-state index is 0.141. The predicted molar refractivity (Wildman–Crippen MR) is 91.8 cm³/mol. The summed E-state index contributed by atoms with van der Waals surface area (Å²) in [6, 6.07) is 12.2. The van der Waals surface area contributed by atoms with Crippen LogP contribution in [0.2, 0.25) is 5.02 Å². The largest absolute Gasteiger partial charge is 0.487 e. The number of nitrogens with one attached hydrogen (secondary N) is 1. The first-order chi connectivity index (χ1) is 10.8. The van der Waals surface area contributed by atoms with Gasteiger partial charge in [-0.2, -0.15) is 0 Å². The van der Waals surface area contributed by atoms with E-state index in [2.05, 4.69) is 5.32 Å². The Morgan fingerprint density at radius 2 is 1.96 bits per heavy atom. The minimum atomic E-state index is -0.360. The van der Waals surface area contributed by atoms with E-state index >= 15 is 0 Å². The third kappa shape index (κ3) is 3.42. The molecule has 4 nitrogen and oxygen atoms in total. The van der Waals surface area contributed by atoms with Gasteiger partial charge in [-0.15, -0.1) is 0 Å². The van der Waals surface area contributed by atoms with Gasteiger partial charge in [-0.25, -0.2) is 0 Å². The van der Waals surface area contributed by atoms with Gasteiger partial charge >= 0.3 is 0 Å². The Labute approximate surface area is 140 Å². The highest BCUT2D eigenvalue weighted by Gasteiger charge is 2.34. The molecule has 0 saturated carbocycles. The van der Waals surface area contributed by atoms with Crippen LogP contribution >= 0.6 is 11.6 Å². The van der Waals surface area contributed by atoms with Gasteiger partial charge in [0.05, 0.1) is 6.04 Å². The molecule has 5 heteroatoms. The normalized spacial score (nSPS) is 18.7. The first-order valence-electron chi connectivity index (χ1n) is 7.49. The molecule has 0 spiro atoms. The van der Waals surface area contributed by atoms with Crippen LogP contribution in [0, 0.1) is 0 Å². The van der Waals surface area contributed by atoms with Crippen LogP contribution in [0.25, 0.3) is 0 Å². The van der Waals surface area contributed by atoms with Crippen LogP contribution in [0.4, 0.5) is 5.69 Å². The molecule has 0 radical (unpaired) electrons. The van der Waals surface area contributed by atoms with E-state index in [0.717, 1.165) is 11.3 Å². The highest BCUT2D eigenvalue weighted by molar-refractivity contribution is 6.30. The van der Waals surface area contributed by atoms with E-state index in [1.165, 1.54) is 0 Å². The maximum absolute atomic E-state index is 12.5. The third-order valence-corrected chi connectivity index (χ3v) is 4.15. The standard InChI is InChI=1S/C18H19ClN2O2/c1-18(2)10-15(14-9-13(20)7-8-16(14)23-18)21-17(22)11-3-5-12(19)6-4-11/h3-9,15H,10,20H2,1-2H3,(H,21,22). The highest BCUT2D eigenvalue weighted by Crippen LogP contribution is 2.40. The second-order valence-corrected chi connectivity index (χ2v) is 6.83. The lowest BCUT2D eigenvalue weighted by molar-refractivity contribution is 0.0620. The van der Waals surface area contributed by atoms with Gasteiger partial charge in [0, 0.05) is 28.3 Å². The molecule has 0 saturated heterocycles. The Balaban J connectivity index is 1.88. The maximum Gasteiger partial charge on any atom is 0.251 e. The van der Waals surface area contributed by atoms with Gasteiger partial charge in [0.25, 0.3) is 5.91 Å². The molecular formula is C18H19ClN2O2. The molecule has 2 aromatic rings. The zero-order valence-electron chi connectivity index (χ0n) is 13.1. The van der Waals surface area contributed by atoms with Crippen molar-refractivity contribution >= 4 is 23.2 Å². The van der Waals surface area contributed by atoms with Crippen LogP contribution in [-0.2, 0) is 0 Å². The number of benzene rings is 2. The van der Waals surface area contributed by atoms with Gasteiger partial charge in [0.2, 0.25) is 0 Å². The Morgan fingerprint density at radius 1 is 1.26 bits per heavy atom. The molecule has 1 heterocycles. The molecule has 1 aliphatic heterocycles. The van der Waals surface area contributed by atoms with Crippen LogP contribution in [-0.4, -0.2) is 11.5 Å². The number of hydrogen-bond donors (Lipinski definition) is 2. The lowest BCUT2D eigenvalue weighted by atomic mass is 9.89. The van der Waals surface area contributed by atoms with Crippen molar-refractivity contribution in [3.05, 3.63) is 58.6 Å². The fourth-order valence-corrected chi connectivity index (χ4v) is 2.97. The molecule has 0 aromatic heterocycles. The average Bonchev–Trinajstić information content (AvgIpc) is 2.48. The first kappa shape index (κ1) is 15.7. The van der Waals surface area contributed by atoms with E-state index in [9.17, 15) is 4.79 Å². The van der Waals surface area contributed by atoms with Crippen LogP contribution in [0.3, 0.4) is 0 Å². The van der Waals surface area contributed by atoms with Crippen molar-refractivity contribution in [1.82, 2.24) is 5.32 Å². The van der Waals surface area contributed by atoms with Gasteiger partial charge in [-0.3, -0.25) is 4.79 Å². The number of carbonyl (C=O) groups excluding carboxylic acids is 1. The number of nitrogen functional groups attached to an aromatic ring is 1. The fourth-order valence-electron chi connectivity index (χ4n) is 2.84. The predicted octanol–water partition coefficient (Wildman–Crippen LogP) is 3.95. The Hall–Kier alpha value is -2.20. The minimum Gasteiger partial charge on any atom is -0.487 e.